The van der Waals surface area contributed by atoms with Gasteiger partial charge in [0.25, 0.3) is 0 Å². The minimum atomic E-state index is 0.410. The summed E-state index contributed by atoms with van der Waals surface area (Å²) in [5.74, 6) is 1.20. The molecule has 0 saturated carbocycles. The lowest BCUT2D eigenvalue weighted by molar-refractivity contribution is 0.416. The Morgan fingerprint density at radius 2 is 2.17 bits per heavy atom. The molecule has 90 valence electrons. The Morgan fingerprint density at radius 3 is 2.83 bits per heavy atom. The van der Waals surface area contributed by atoms with E-state index in [1.165, 1.54) is 0 Å². The van der Waals surface area contributed by atoms with Gasteiger partial charge in [0.05, 0.1) is 24.4 Å². The molecule has 18 heavy (non-hydrogen) atoms. The molecular formula is C13H10ClN3O. The predicted molar refractivity (Wildman–Crippen MR) is 70.2 cm³/mol. The number of nitrogens with one attached hydrogen (secondary N) is 1. The lowest BCUT2D eigenvalue weighted by atomic mass is 10.2. The van der Waals surface area contributed by atoms with Crippen molar-refractivity contribution in [3.63, 3.8) is 0 Å². The second-order valence-corrected chi connectivity index (χ2v) is 3.88. The number of rotatable bonds is 3. The molecule has 1 aromatic heterocycles. The molecule has 2 rings (SSSR count). The number of methoxy groups -OCH3 is 1. The molecule has 0 bridgehead atoms. The van der Waals surface area contributed by atoms with Crippen LogP contribution in [0.4, 0.5) is 11.5 Å². The molecule has 4 nitrogen and oxygen atoms in total. The van der Waals surface area contributed by atoms with Gasteiger partial charge in [0, 0.05) is 6.07 Å². The van der Waals surface area contributed by atoms with Gasteiger partial charge >= 0.3 is 0 Å². The van der Waals surface area contributed by atoms with E-state index in [-0.39, 0.29) is 0 Å². The summed E-state index contributed by atoms with van der Waals surface area (Å²) >= 11 is 5.81. The molecule has 1 aromatic carbocycles. The van der Waals surface area contributed by atoms with Crippen LogP contribution in [0, 0.1) is 11.3 Å². The van der Waals surface area contributed by atoms with Gasteiger partial charge in [-0.2, -0.15) is 5.26 Å². The highest BCUT2D eigenvalue weighted by Crippen LogP contribution is 2.28. The van der Waals surface area contributed by atoms with Gasteiger partial charge in [-0.15, -0.1) is 0 Å². The lowest BCUT2D eigenvalue weighted by Gasteiger charge is -2.10. The molecule has 5 heteroatoms. The third kappa shape index (κ3) is 2.70. The number of aromatic nitrogens is 1. The normalized spacial score (nSPS) is 9.61. The van der Waals surface area contributed by atoms with E-state index in [2.05, 4.69) is 16.4 Å². The second kappa shape index (κ2) is 5.39. The number of benzene rings is 1. The summed E-state index contributed by atoms with van der Waals surface area (Å²) < 4.78 is 5.22. The average Bonchev–Trinajstić information content (AvgIpc) is 2.39. The van der Waals surface area contributed by atoms with E-state index in [4.69, 9.17) is 21.6 Å². The minimum absolute atomic E-state index is 0.410. The third-order valence-electron chi connectivity index (χ3n) is 2.31. The molecule has 2 aromatic rings. The summed E-state index contributed by atoms with van der Waals surface area (Å²) in [5.41, 5.74) is 1.27. The molecule has 0 aliphatic carbocycles. The first-order valence-corrected chi connectivity index (χ1v) is 5.58. The summed E-state index contributed by atoms with van der Waals surface area (Å²) in [6.07, 6.45) is 0. The molecule has 0 fully saturated rings. The highest BCUT2D eigenvalue weighted by atomic mass is 35.5. The molecule has 0 spiro atoms. The van der Waals surface area contributed by atoms with Crippen LogP contribution in [0.3, 0.4) is 0 Å². The fraction of sp³-hybridized carbons (Fsp3) is 0.0769. The maximum atomic E-state index is 8.82. The molecule has 0 saturated heterocycles. The van der Waals surface area contributed by atoms with E-state index >= 15 is 0 Å². The van der Waals surface area contributed by atoms with Crippen LogP contribution in [0.1, 0.15) is 5.56 Å². The maximum absolute atomic E-state index is 8.82. The van der Waals surface area contributed by atoms with Crippen molar-refractivity contribution in [2.24, 2.45) is 0 Å². The van der Waals surface area contributed by atoms with Crippen LogP contribution in [0.15, 0.2) is 36.4 Å². The minimum Gasteiger partial charge on any atom is -0.495 e. The maximum Gasteiger partial charge on any atom is 0.143 e. The number of hydrogen-bond donors (Lipinski definition) is 1. The second-order valence-electron chi connectivity index (χ2n) is 3.50. The Balaban J connectivity index is 2.32. The van der Waals surface area contributed by atoms with Crippen molar-refractivity contribution in [3.05, 3.63) is 47.1 Å². The van der Waals surface area contributed by atoms with Gasteiger partial charge in [-0.1, -0.05) is 17.7 Å². The fourth-order valence-electron chi connectivity index (χ4n) is 1.48. The molecule has 0 radical (unpaired) electrons. The van der Waals surface area contributed by atoms with E-state index in [0.29, 0.717) is 22.3 Å². The van der Waals surface area contributed by atoms with Crippen molar-refractivity contribution in [2.75, 3.05) is 12.4 Å². The molecule has 1 N–H and O–H groups in total. The van der Waals surface area contributed by atoms with Crippen LogP contribution < -0.4 is 10.1 Å². The highest BCUT2D eigenvalue weighted by molar-refractivity contribution is 6.29. The van der Waals surface area contributed by atoms with Crippen molar-refractivity contribution in [3.8, 4) is 11.8 Å². The van der Waals surface area contributed by atoms with Gasteiger partial charge in [0.2, 0.25) is 0 Å². The van der Waals surface area contributed by atoms with Crippen LogP contribution in [0.25, 0.3) is 0 Å². The molecule has 0 aliphatic rings. The summed E-state index contributed by atoms with van der Waals surface area (Å²) in [6.45, 7) is 0. The Kier molecular flexibility index (Phi) is 3.66. The van der Waals surface area contributed by atoms with Crippen LogP contribution in [0.2, 0.25) is 5.15 Å². The zero-order valence-corrected chi connectivity index (χ0v) is 10.4. The lowest BCUT2D eigenvalue weighted by Crippen LogP contribution is -1.97. The quantitative estimate of drug-likeness (QED) is 0.859. The average molecular weight is 260 g/mol. The summed E-state index contributed by atoms with van der Waals surface area (Å²) in [5, 5.41) is 12.3. The van der Waals surface area contributed by atoms with Crippen molar-refractivity contribution in [2.45, 2.75) is 0 Å². The SMILES string of the molecule is COc1cc(C#N)ccc1Nc1cccc(Cl)n1. The van der Waals surface area contributed by atoms with E-state index in [1.54, 1.807) is 43.5 Å². The zero-order chi connectivity index (χ0) is 13.0. The Labute approximate surface area is 110 Å². The van der Waals surface area contributed by atoms with Gasteiger partial charge in [0.1, 0.15) is 16.7 Å². The topological polar surface area (TPSA) is 57.9 Å². The first-order chi connectivity index (χ1) is 8.72. The van der Waals surface area contributed by atoms with Crippen molar-refractivity contribution in [1.29, 1.82) is 5.26 Å². The molecule has 0 aliphatic heterocycles. The van der Waals surface area contributed by atoms with Crippen molar-refractivity contribution < 1.29 is 4.74 Å². The summed E-state index contributed by atoms with van der Waals surface area (Å²) in [4.78, 5) is 4.12. The summed E-state index contributed by atoms with van der Waals surface area (Å²) in [6, 6.07) is 12.5. The highest BCUT2D eigenvalue weighted by Gasteiger charge is 2.05. The Hall–Kier alpha value is -2.25. The number of hydrogen-bond acceptors (Lipinski definition) is 4. The van der Waals surface area contributed by atoms with Gasteiger partial charge in [-0.3, -0.25) is 0 Å². The Bertz CT molecular complexity index is 607. The van der Waals surface area contributed by atoms with Crippen molar-refractivity contribution in [1.82, 2.24) is 4.98 Å². The van der Waals surface area contributed by atoms with Crippen LogP contribution in [-0.4, -0.2) is 12.1 Å². The predicted octanol–water partition coefficient (Wildman–Crippen LogP) is 3.36. The van der Waals surface area contributed by atoms with E-state index in [0.717, 1.165) is 5.69 Å². The molecule has 0 atom stereocenters. The number of anilines is 2. The molecule has 0 unspecified atom stereocenters. The van der Waals surface area contributed by atoms with Gasteiger partial charge in [0.15, 0.2) is 0 Å². The van der Waals surface area contributed by atoms with Crippen molar-refractivity contribution >= 4 is 23.1 Å². The van der Waals surface area contributed by atoms with Crippen LogP contribution in [-0.2, 0) is 0 Å². The first kappa shape index (κ1) is 12.2. The van der Waals surface area contributed by atoms with Crippen LogP contribution >= 0.6 is 11.6 Å². The van der Waals surface area contributed by atoms with E-state index in [9.17, 15) is 0 Å². The first-order valence-electron chi connectivity index (χ1n) is 5.20. The van der Waals surface area contributed by atoms with E-state index in [1.807, 2.05) is 0 Å². The number of nitrogens with zero attached hydrogens (tertiary/aromatic N) is 2. The Morgan fingerprint density at radius 1 is 1.33 bits per heavy atom. The number of pyridine rings is 1. The number of ether oxygens (including phenoxy) is 1. The molecular weight excluding hydrogens is 250 g/mol. The number of nitriles is 1. The summed E-state index contributed by atoms with van der Waals surface area (Å²) in [7, 11) is 1.55. The number of halogens is 1. The van der Waals surface area contributed by atoms with Crippen LogP contribution in [0.5, 0.6) is 5.75 Å². The van der Waals surface area contributed by atoms with E-state index < -0.39 is 0 Å². The third-order valence-corrected chi connectivity index (χ3v) is 2.52. The molecule has 0 amide bonds. The van der Waals surface area contributed by atoms with Gasteiger partial charge in [-0.25, -0.2) is 4.98 Å². The molecule has 1 heterocycles. The largest absolute Gasteiger partial charge is 0.495 e. The van der Waals surface area contributed by atoms with Gasteiger partial charge < -0.3 is 10.1 Å². The monoisotopic (exact) mass is 259 g/mol. The smallest absolute Gasteiger partial charge is 0.143 e. The zero-order valence-electron chi connectivity index (χ0n) is 9.64. The fourth-order valence-corrected chi connectivity index (χ4v) is 1.64. The van der Waals surface area contributed by atoms with Gasteiger partial charge in [-0.05, 0) is 24.3 Å². The standard InChI is InChI=1S/C13H10ClN3O/c1-18-11-7-9(8-15)5-6-10(11)16-13-4-2-3-12(14)17-13/h2-7H,1H3,(H,16,17).